The minimum absolute atomic E-state index is 0.403. The number of methoxy groups -OCH3 is 2. The Hall–Kier alpha value is -1.55. The van der Waals surface area contributed by atoms with E-state index in [4.69, 9.17) is 31.5 Å². The van der Waals surface area contributed by atoms with Crippen LogP contribution in [0, 0.1) is 11.8 Å². The van der Waals surface area contributed by atoms with E-state index in [1.54, 1.807) is 0 Å². The molecule has 1 saturated heterocycles. The van der Waals surface area contributed by atoms with E-state index >= 15 is 0 Å². The molecule has 126 valence electrons. The molecule has 2 aliphatic heterocycles. The van der Waals surface area contributed by atoms with E-state index in [1.165, 1.54) is 0 Å². The fraction of sp³-hybridized carbons (Fsp3) is 0.632. The van der Waals surface area contributed by atoms with Gasteiger partial charge in [0.2, 0.25) is 0 Å². The van der Waals surface area contributed by atoms with Gasteiger partial charge in [0.15, 0.2) is 11.5 Å². The molecule has 3 rings (SSSR count). The number of carbonyl (C=O) groups is 1. The monoisotopic (exact) mass is 341 g/mol. The number of ether oxygens (including phenoxy) is 2. The van der Waals surface area contributed by atoms with Gasteiger partial charge in [-0.15, -0.1) is 0 Å². The van der Waals surface area contributed by atoms with Gasteiger partial charge >= 0.3 is 0 Å². The summed E-state index contributed by atoms with van der Waals surface area (Å²) in [5.41, 5.74) is -2.65. The third-order valence-electron chi connectivity index (χ3n) is 3.20. The summed E-state index contributed by atoms with van der Waals surface area (Å²) in [6.45, 7) is -16.3. The summed E-state index contributed by atoms with van der Waals surface area (Å²) >= 11 is 0. The van der Waals surface area contributed by atoms with E-state index in [9.17, 15) is 6.17 Å². The molecule has 2 unspecified atom stereocenters. The fourth-order valence-corrected chi connectivity index (χ4v) is 2.21. The fourth-order valence-electron chi connectivity index (χ4n) is 2.21. The molecule has 1 aromatic carbocycles. The Balaban J connectivity index is 2.54. The number of Topliss-reactive ketones (excluding diaryl/α,β-unsaturated/α-hetero) is 1. The molecule has 1 fully saturated rings. The first-order valence-electron chi connectivity index (χ1n) is 18.3. The average Bonchev–Trinajstić information content (AvgIpc) is 2.77. The van der Waals surface area contributed by atoms with Crippen molar-refractivity contribution in [2.75, 3.05) is 27.1 Å². The van der Waals surface area contributed by atoms with Crippen molar-refractivity contribution >= 4 is 5.78 Å². The standard InChI is InChI=1S/C19H27NO3/c1-12(2)7-14-11-20-6-5-13-8-18(22-3)19(23-4)9-15(13)16(20)10-17(14)21/h8-9,12,14,16H,5-7,10-11H2,1-4H3/i1D3,2D3,3D3,4D3,5D2,6D2,7D2,8D,9D,11D2,12D,16D. The van der Waals surface area contributed by atoms with Gasteiger partial charge in [-0.2, -0.15) is 0 Å². The largest absolute Gasteiger partial charge is 0.493 e. The van der Waals surface area contributed by atoms with Crippen molar-refractivity contribution in [2.24, 2.45) is 11.8 Å². The SMILES string of the molecule is [2H]c1c(OC([2H])([2H])[2H])c(OC([2H])([2H])[2H])c([2H])c2c1C1([2H])CC(=O)C(C([2H])([2H])C([2H])(C([2H])([2H])[2H])C([2H])([2H])[2H])C([2H])([2H])N1C([2H])([2H])C2([2H])[2H]. The molecule has 2 atom stereocenters. The molecule has 0 aliphatic carbocycles. The van der Waals surface area contributed by atoms with Crippen LogP contribution in [0.1, 0.15) is 76.5 Å². The van der Waals surface area contributed by atoms with Crippen LogP contribution in [0.4, 0.5) is 0 Å². The van der Waals surface area contributed by atoms with Crippen LogP contribution in [0.5, 0.6) is 11.5 Å². The van der Waals surface area contributed by atoms with E-state index in [0.717, 1.165) is 0 Å². The van der Waals surface area contributed by atoms with Gasteiger partial charge in [0.05, 0.1) is 26.4 Å². The van der Waals surface area contributed by atoms with Gasteiger partial charge in [0, 0.05) is 51.9 Å². The molecule has 4 nitrogen and oxygen atoms in total. The zero-order valence-electron chi connectivity index (χ0n) is 35.5. The number of rotatable bonds is 4. The molecule has 0 spiro atoms. The molecule has 4 heteroatoms. The summed E-state index contributed by atoms with van der Waals surface area (Å²) in [5, 5.41) is 0. The van der Waals surface area contributed by atoms with E-state index < -0.39 is 123 Å². The predicted molar refractivity (Wildman–Crippen MR) is 90.1 cm³/mol. The number of hydrogen-bond acceptors (Lipinski definition) is 4. The maximum atomic E-state index is 13.7. The molecule has 2 heterocycles. The summed E-state index contributed by atoms with van der Waals surface area (Å²) in [6.07, 6.45) is -9.75. The first-order chi connectivity index (χ1) is 20.4. The number of piperidine rings is 1. The number of ketones is 1. The second kappa shape index (κ2) is 6.52. The highest BCUT2D eigenvalue weighted by molar-refractivity contribution is 5.83. The van der Waals surface area contributed by atoms with Crippen molar-refractivity contribution in [3.8, 4) is 11.5 Å². The quantitative estimate of drug-likeness (QED) is 0.843. The molecule has 0 radical (unpaired) electrons. The summed E-state index contributed by atoms with van der Waals surface area (Å²) in [5.74, 6) is -12.2. The summed E-state index contributed by atoms with van der Waals surface area (Å²) in [6, 6.07) is -6.36. The number of carbonyl (C=O) groups excluding carboxylic acids is 1. The molecule has 0 N–H and O–H groups in total. The molecular formula is C19H27NO3. The van der Waals surface area contributed by atoms with Gasteiger partial charge in [0.25, 0.3) is 0 Å². The first kappa shape index (κ1) is 3.98. The topological polar surface area (TPSA) is 38.8 Å². The van der Waals surface area contributed by atoms with Crippen LogP contribution in [-0.2, 0) is 11.2 Å². The number of hydrogen-bond donors (Lipinski definition) is 0. The molecule has 23 heavy (non-hydrogen) atoms. The van der Waals surface area contributed by atoms with E-state index in [0.29, 0.717) is 0 Å². The Morgan fingerprint density at radius 2 is 2.30 bits per heavy atom. The summed E-state index contributed by atoms with van der Waals surface area (Å²) in [4.78, 5) is 13.3. The van der Waals surface area contributed by atoms with Crippen LogP contribution >= 0.6 is 0 Å². The third kappa shape index (κ3) is 3.09. The van der Waals surface area contributed by atoms with Crippen molar-refractivity contribution in [3.63, 3.8) is 0 Å². The molecule has 2 aliphatic rings. The average molecular weight is 342 g/mol. The van der Waals surface area contributed by atoms with Crippen molar-refractivity contribution in [3.05, 3.63) is 23.2 Å². The van der Waals surface area contributed by atoms with Gasteiger partial charge in [-0.25, -0.2) is 0 Å². The minimum atomic E-state index is -4.28. The van der Waals surface area contributed by atoms with Crippen LogP contribution in [-0.4, -0.2) is 37.8 Å². The zero-order chi connectivity index (χ0) is 37.3. The Kier molecular flexibility index (Phi) is 1.13. The molecule has 0 aromatic heterocycles. The Labute approximate surface area is 172 Å². The van der Waals surface area contributed by atoms with Crippen molar-refractivity contribution in [1.29, 1.82) is 0 Å². The maximum absolute atomic E-state index is 13.7. The Bertz CT molecular complexity index is 1440. The molecular weight excluding hydrogens is 290 g/mol. The second-order valence-electron chi connectivity index (χ2n) is 4.61. The van der Waals surface area contributed by atoms with E-state index in [2.05, 4.69) is 9.47 Å². The van der Waals surface area contributed by atoms with E-state index in [-0.39, 0.29) is 0 Å². The highest BCUT2D eigenvalue weighted by Gasteiger charge is 2.38. The van der Waals surface area contributed by atoms with Gasteiger partial charge in [-0.05, 0) is 41.9 Å². The summed E-state index contributed by atoms with van der Waals surface area (Å²) < 4.78 is 204. The van der Waals surface area contributed by atoms with Crippen LogP contribution < -0.4 is 9.47 Å². The van der Waals surface area contributed by atoms with Gasteiger partial charge in [-0.1, -0.05) is 13.7 Å². The van der Waals surface area contributed by atoms with Gasteiger partial charge in [0.1, 0.15) is 5.78 Å². The molecule has 0 saturated carbocycles. The van der Waals surface area contributed by atoms with Crippen LogP contribution in [0.2, 0.25) is 0 Å². The second-order valence-corrected chi connectivity index (χ2v) is 4.61. The maximum Gasteiger partial charge on any atom is 0.161 e. The lowest BCUT2D eigenvalue weighted by Crippen LogP contribution is -2.46. The van der Waals surface area contributed by atoms with Gasteiger partial charge in [-0.3, -0.25) is 9.69 Å². The third-order valence-corrected chi connectivity index (χ3v) is 3.20. The first-order valence-corrected chi connectivity index (χ1v) is 6.26. The lowest BCUT2D eigenvalue weighted by Gasteiger charge is -2.43. The highest BCUT2D eigenvalue weighted by atomic mass is 16.5. The Morgan fingerprint density at radius 1 is 1.52 bits per heavy atom. The summed E-state index contributed by atoms with van der Waals surface area (Å²) in [7, 11) is -7.06. The van der Waals surface area contributed by atoms with Crippen molar-refractivity contribution in [2.45, 2.75) is 38.9 Å². The normalized spacial score (nSPS) is 52.7. The lowest BCUT2D eigenvalue weighted by molar-refractivity contribution is -0.129. The highest BCUT2D eigenvalue weighted by Crippen LogP contribution is 2.42. The molecule has 0 amide bonds. The Morgan fingerprint density at radius 3 is 3.04 bits per heavy atom. The van der Waals surface area contributed by atoms with E-state index in [1.807, 2.05) is 0 Å². The van der Waals surface area contributed by atoms with Crippen LogP contribution in [0.15, 0.2) is 12.1 Å². The molecule has 0 bridgehead atoms. The number of fused-ring (bicyclic) bond motifs is 3. The van der Waals surface area contributed by atoms with Crippen LogP contribution in [0.25, 0.3) is 0 Å². The number of nitrogens with zero attached hydrogens (tertiary/aromatic N) is 1. The van der Waals surface area contributed by atoms with Crippen molar-refractivity contribution < 1.29 is 47.2 Å². The number of benzene rings is 1. The van der Waals surface area contributed by atoms with Crippen LogP contribution in [0.3, 0.4) is 0 Å². The molecule has 1 aromatic rings. The van der Waals surface area contributed by atoms with Gasteiger partial charge < -0.3 is 9.47 Å². The predicted octanol–water partition coefficient (Wildman–Crippen LogP) is 3.24. The smallest absolute Gasteiger partial charge is 0.161 e. The zero-order valence-corrected chi connectivity index (χ0v) is 11.5. The van der Waals surface area contributed by atoms with Crippen molar-refractivity contribution in [1.82, 2.24) is 4.90 Å². The lowest BCUT2D eigenvalue weighted by atomic mass is 9.80. The minimum Gasteiger partial charge on any atom is -0.493 e.